The third-order valence-electron chi connectivity index (χ3n) is 4.45. The second-order valence-corrected chi connectivity index (χ2v) is 8.34. The third kappa shape index (κ3) is 8.55. The van der Waals surface area contributed by atoms with Crippen molar-refractivity contribution in [2.75, 3.05) is 62.5 Å². The van der Waals surface area contributed by atoms with E-state index in [9.17, 15) is 9.59 Å². The van der Waals surface area contributed by atoms with E-state index in [1.54, 1.807) is 9.80 Å². The second kappa shape index (κ2) is 16.0. The summed E-state index contributed by atoms with van der Waals surface area (Å²) in [5.41, 5.74) is 0. The van der Waals surface area contributed by atoms with Crippen LogP contribution < -0.4 is 0 Å². The van der Waals surface area contributed by atoms with Crippen LogP contribution in [0.4, 0.5) is 0 Å². The molecule has 1 saturated heterocycles. The van der Waals surface area contributed by atoms with Gasteiger partial charge in [0.1, 0.15) is 12.1 Å². The van der Waals surface area contributed by atoms with Crippen molar-refractivity contribution >= 4 is 62.3 Å². The standard InChI is InChI=1S/C18H34N2O4S4/c21-17-16(14-24-8-4-12-28)20(6-2-10-26)18(22)15(13-23-7-3-11-27)19(17)5-1-9-25/h15-16,25-28H,1-14H2/t15-,16+. The van der Waals surface area contributed by atoms with Gasteiger partial charge in [-0.05, 0) is 48.7 Å². The van der Waals surface area contributed by atoms with Crippen LogP contribution in [0, 0.1) is 0 Å². The van der Waals surface area contributed by atoms with E-state index in [1.165, 1.54) is 0 Å². The SMILES string of the molecule is O=C1[C@H](COCCCS)N(CCCS)C(=O)[C@@H](COCCCS)N1CCCS. The van der Waals surface area contributed by atoms with Crippen molar-refractivity contribution in [2.45, 2.75) is 37.8 Å². The summed E-state index contributed by atoms with van der Waals surface area (Å²) in [5.74, 6) is 2.60. The predicted octanol–water partition coefficient (Wildman–Crippen LogP) is 1.71. The monoisotopic (exact) mass is 470 g/mol. The third-order valence-corrected chi connectivity index (χ3v) is 5.71. The van der Waals surface area contributed by atoms with Gasteiger partial charge in [-0.3, -0.25) is 9.59 Å². The Hall–Kier alpha value is 0.260. The van der Waals surface area contributed by atoms with Crippen molar-refractivity contribution in [3.63, 3.8) is 0 Å². The summed E-state index contributed by atoms with van der Waals surface area (Å²) in [6, 6.07) is -1.19. The number of thiol groups is 4. The lowest BCUT2D eigenvalue weighted by Crippen LogP contribution is -2.67. The molecule has 0 unspecified atom stereocenters. The molecule has 1 aliphatic heterocycles. The average Bonchev–Trinajstić information content (AvgIpc) is 2.70. The maximum atomic E-state index is 13.2. The van der Waals surface area contributed by atoms with Gasteiger partial charge in [0.05, 0.1) is 13.2 Å². The lowest BCUT2D eigenvalue weighted by molar-refractivity contribution is -0.167. The Morgan fingerprint density at radius 2 is 1.00 bits per heavy atom. The van der Waals surface area contributed by atoms with Gasteiger partial charge in [0.2, 0.25) is 11.8 Å². The first kappa shape index (κ1) is 26.3. The van der Waals surface area contributed by atoms with Crippen LogP contribution in [0.25, 0.3) is 0 Å². The van der Waals surface area contributed by atoms with Crippen LogP contribution in [0.3, 0.4) is 0 Å². The largest absolute Gasteiger partial charge is 0.379 e. The van der Waals surface area contributed by atoms with Gasteiger partial charge in [-0.25, -0.2) is 0 Å². The van der Waals surface area contributed by atoms with Gasteiger partial charge in [0.25, 0.3) is 0 Å². The molecule has 2 amide bonds. The fraction of sp³-hybridized carbons (Fsp3) is 0.889. The molecule has 0 N–H and O–H groups in total. The van der Waals surface area contributed by atoms with Crippen LogP contribution in [0.5, 0.6) is 0 Å². The van der Waals surface area contributed by atoms with Crippen molar-refractivity contribution in [3.8, 4) is 0 Å². The highest BCUT2D eigenvalue weighted by Crippen LogP contribution is 2.21. The normalized spacial score (nSPS) is 20.3. The number of carbonyl (C=O) groups excluding carboxylic acids is 2. The highest BCUT2D eigenvalue weighted by atomic mass is 32.1. The minimum absolute atomic E-state index is 0.0748. The Balaban J connectivity index is 2.92. The Bertz CT molecular complexity index is 419. The molecule has 0 radical (unpaired) electrons. The Morgan fingerprint density at radius 3 is 1.32 bits per heavy atom. The van der Waals surface area contributed by atoms with Gasteiger partial charge < -0.3 is 19.3 Å². The quantitative estimate of drug-likeness (QED) is 0.205. The molecule has 0 aromatic heterocycles. The molecule has 164 valence electrons. The van der Waals surface area contributed by atoms with Crippen molar-refractivity contribution < 1.29 is 19.1 Å². The van der Waals surface area contributed by atoms with Crippen LogP contribution in [0.15, 0.2) is 0 Å². The molecule has 0 bridgehead atoms. The minimum atomic E-state index is -0.596. The second-order valence-electron chi connectivity index (χ2n) is 6.55. The first-order chi connectivity index (χ1) is 13.6. The molecule has 1 fully saturated rings. The van der Waals surface area contributed by atoms with E-state index in [0.29, 0.717) is 37.8 Å². The molecule has 1 aliphatic rings. The van der Waals surface area contributed by atoms with Gasteiger partial charge in [0, 0.05) is 26.3 Å². The first-order valence-corrected chi connectivity index (χ1v) is 12.3. The van der Waals surface area contributed by atoms with E-state index in [1.807, 2.05) is 0 Å². The number of amides is 2. The predicted molar refractivity (Wildman–Crippen MR) is 127 cm³/mol. The summed E-state index contributed by atoms with van der Waals surface area (Å²) in [4.78, 5) is 29.8. The average molecular weight is 471 g/mol. The highest BCUT2D eigenvalue weighted by molar-refractivity contribution is 7.80. The zero-order valence-corrected chi connectivity index (χ0v) is 19.9. The van der Waals surface area contributed by atoms with Crippen molar-refractivity contribution in [2.24, 2.45) is 0 Å². The summed E-state index contributed by atoms with van der Waals surface area (Å²) < 4.78 is 11.4. The number of piperazine rings is 1. The first-order valence-electron chi connectivity index (χ1n) is 9.82. The Kier molecular flexibility index (Phi) is 15.0. The number of hydrogen-bond donors (Lipinski definition) is 4. The van der Waals surface area contributed by atoms with E-state index in [4.69, 9.17) is 9.47 Å². The van der Waals surface area contributed by atoms with Gasteiger partial charge in [-0.1, -0.05) is 0 Å². The summed E-state index contributed by atoms with van der Waals surface area (Å²) in [7, 11) is 0. The molecule has 0 saturated carbocycles. The summed E-state index contributed by atoms with van der Waals surface area (Å²) in [6.45, 7) is 2.43. The summed E-state index contributed by atoms with van der Waals surface area (Å²) >= 11 is 16.9. The van der Waals surface area contributed by atoms with Crippen LogP contribution in [-0.4, -0.2) is 96.2 Å². The van der Waals surface area contributed by atoms with Crippen molar-refractivity contribution in [1.29, 1.82) is 0 Å². The number of carbonyl (C=O) groups is 2. The number of hydrogen-bond acceptors (Lipinski definition) is 8. The fourth-order valence-corrected chi connectivity index (χ4v) is 3.56. The molecular weight excluding hydrogens is 436 g/mol. The Morgan fingerprint density at radius 1 is 0.643 bits per heavy atom. The van der Waals surface area contributed by atoms with E-state index in [0.717, 1.165) is 37.2 Å². The molecule has 1 rings (SSSR count). The number of ether oxygens (including phenoxy) is 2. The van der Waals surface area contributed by atoms with Crippen molar-refractivity contribution in [3.05, 3.63) is 0 Å². The molecule has 0 aromatic rings. The van der Waals surface area contributed by atoms with Gasteiger partial charge in [0.15, 0.2) is 0 Å². The van der Waals surface area contributed by atoms with Gasteiger partial charge in [-0.2, -0.15) is 50.5 Å². The van der Waals surface area contributed by atoms with Gasteiger partial charge >= 0.3 is 0 Å². The van der Waals surface area contributed by atoms with E-state index in [2.05, 4.69) is 50.5 Å². The van der Waals surface area contributed by atoms with Crippen LogP contribution in [-0.2, 0) is 19.1 Å². The molecule has 0 spiro atoms. The zero-order valence-electron chi connectivity index (χ0n) is 16.4. The van der Waals surface area contributed by atoms with E-state index >= 15 is 0 Å². The van der Waals surface area contributed by atoms with E-state index < -0.39 is 12.1 Å². The summed E-state index contributed by atoms with van der Waals surface area (Å²) in [5, 5.41) is 0. The van der Waals surface area contributed by atoms with Crippen LogP contribution in [0.1, 0.15) is 25.7 Å². The van der Waals surface area contributed by atoms with E-state index in [-0.39, 0.29) is 25.0 Å². The van der Waals surface area contributed by atoms with Crippen LogP contribution in [0.2, 0.25) is 0 Å². The van der Waals surface area contributed by atoms with Gasteiger partial charge in [-0.15, -0.1) is 0 Å². The lowest BCUT2D eigenvalue weighted by Gasteiger charge is -2.45. The molecule has 0 aromatic carbocycles. The fourth-order valence-electron chi connectivity index (χ4n) is 3.02. The maximum Gasteiger partial charge on any atom is 0.248 e. The smallest absolute Gasteiger partial charge is 0.248 e. The van der Waals surface area contributed by atoms with Crippen LogP contribution >= 0.6 is 50.5 Å². The molecule has 2 atom stereocenters. The Labute approximate surface area is 191 Å². The number of rotatable bonds is 16. The molecule has 6 nitrogen and oxygen atoms in total. The topological polar surface area (TPSA) is 59.1 Å². The molecule has 10 heteroatoms. The molecule has 28 heavy (non-hydrogen) atoms. The molecular formula is C18H34N2O4S4. The van der Waals surface area contributed by atoms with Crippen molar-refractivity contribution in [1.82, 2.24) is 9.80 Å². The minimum Gasteiger partial charge on any atom is -0.379 e. The lowest BCUT2D eigenvalue weighted by atomic mass is 10.0. The maximum absolute atomic E-state index is 13.2. The highest BCUT2D eigenvalue weighted by Gasteiger charge is 2.45. The molecule has 1 heterocycles. The zero-order chi connectivity index (χ0) is 20.8. The molecule has 0 aliphatic carbocycles. The number of nitrogens with zero attached hydrogens (tertiary/aromatic N) is 2. The summed E-state index contributed by atoms with van der Waals surface area (Å²) in [6.07, 6.45) is 3.05.